The summed E-state index contributed by atoms with van der Waals surface area (Å²) in [5, 5.41) is 6.82. The van der Waals surface area contributed by atoms with Gasteiger partial charge >= 0.3 is 6.18 Å². The topological polar surface area (TPSA) is 69.0 Å². The van der Waals surface area contributed by atoms with E-state index in [0.717, 1.165) is 17.7 Å². The number of rotatable bonds is 5. The molecule has 2 heterocycles. The summed E-state index contributed by atoms with van der Waals surface area (Å²) in [4.78, 5) is 16.5. The highest BCUT2D eigenvalue weighted by molar-refractivity contribution is 5.95. The number of amides is 1. The van der Waals surface area contributed by atoms with E-state index in [9.17, 15) is 18.0 Å². The van der Waals surface area contributed by atoms with Gasteiger partial charge in [0.15, 0.2) is 0 Å². The number of carbonyl (C=O) groups excluding carboxylic acids is 1. The van der Waals surface area contributed by atoms with Crippen LogP contribution in [0.25, 0.3) is 5.69 Å². The zero-order chi connectivity index (χ0) is 20.3. The first-order valence-corrected chi connectivity index (χ1v) is 8.29. The molecular formula is C19H17F3N4O2. The molecule has 0 aliphatic carbocycles. The highest BCUT2D eigenvalue weighted by Gasteiger charge is 2.30. The Kier molecular flexibility index (Phi) is 5.34. The molecule has 146 valence electrons. The van der Waals surface area contributed by atoms with Gasteiger partial charge in [-0.25, -0.2) is 9.67 Å². The molecule has 0 bridgehead atoms. The number of carbonyl (C=O) groups is 1. The predicted molar refractivity (Wildman–Crippen MR) is 95.3 cm³/mol. The quantitative estimate of drug-likeness (QED) is 0.724. The van der Waals surface area contributed by atoms with Crippen molar-refractivity contribution in [2.75, 3.05) is 7.11 Å². The van der Waals surface area contributed by atoms with Crippen LogP contribution in [-0.4, -0.2) is 27.8 Å². The lowest BCUT2D eigenvalue weighted by Crippen LogP contribution is -2.23. The summed E-state index contributed by atoms with van der Waals surface area (Å²) in [5.41, 5.74) is 0.952. The second-order valence-electron chi connectivity index (χ2n) is 5.99. The Labute approximate surface area is 159 Å². The molecule has 0 fully saturated rings. The van der Waals surface area contributed by atoms with Gasteiger partial charge in [0, 0.05) is 18.8 Å². The molecule has 28 heavy (non-hydrogen) atoms. The lowest BCUT2D eigenvalue weighted by Gasteiger charge is -2.10. The number of ether oxygens (including phenoxy) is 1. The summed E-state index contributed by atoms with van der Waals surface area (Å²) in [7, 11) is 1.50. The molecule has 0 radical (unpaired) electrons. The van der Waals surface area contributed by atoms with Gasteiger partial charge in [-0.1, -0.05) is 6.07 Å². The van der Waals surface area contributed by atoms with Crippen molar-refractivity contribution in [1.82, 2.24) is 20.1 Å². The van der Waals surface area contributed by atoms with Crippen LogP contribution in [-0.2, 0) is 12.7 Å². The minimum atomic E-state index is -4.46. The molecule has 0 saturated heterocycles. The number of halogens is 3. The third-order valence-electron chi connectivity index (χ3n) is 4.13. The minimum Gasteiger partial charge on any atom is -0.481 e. The van der Waals surface area contributed by atoms with Crippen molar-refractivity contribution in [3.63, 3.8) is 0 Å². The summed E-state index contributed by atoms with van der Waals surface area (Å²) in [5.74, 6) is 0.0480. The molecule has 1 aromatic carbocycles. The lowest BCUT2D eigenvalue weighted by molar-refractivity contribution is -0.137. The number of nitrogens with one attached hydrogen (secondary N) is 1. The normalized spacial score (nSPS) is 11.3. The van der Waals surface area contributed by atoms with Crippen LogP contribution >= 0.6 is 0 Å². The highest BCUT2D eigenvalue weighted by Crippen LogP contribution is 2.30. The SMILES string of the molecule is COc1cc(CNC(=O)c2cnn(-c3cccc(C(F)(F)F)c3)c2C)ccn1. The fourth-order valence-corrected chi connectivity index (χ4v) is 2.66. The van der Waals surface area contributed by atoms with Crippen LogP contribution in [0.4, 0.5) is 13.2 Å². The van der Waals surface area contributed by atoms with Crippen molar-refractivity contribution in [3.8, 4) is 11.6 Å². The summed E-state index contributed by atoms with van der Waals surface area (Å²) < 4.78 is 45.1. The van der Waals surface area contributed by atoms with Crippen molar-refractivity contribution >= 4 is 5.91 Å². The van der Waals surface area contributed by atoms with E-state index in [-0.39, 0.29) is 23.7 Å². The van der Waals surface area contributed by atoms with Crippen LogP contribution in [0, 0.1) is 6.92 Å². The van der Waals surface area contributed by atoms with Gasteiger partial charge in [0.05, 0.1) is 35.8 Å². The predicted octanol–water partition coefficient (Wildman–Crippen LogP) is 3.53. The van der Waals surface area contributed by atoms with Crippen LogP contribution in [0.1, 0.15) is 27.2 Å². The third-order valence-corrected chi connectivity index (χ3v) is 4.13. The van der Waals surface area contributed by atoms with E-state index < -0.39 is 11.7 Å². The molecule has 3 aromatic rings. The Hall–Kier alpha value is -3.36. The summed E-state index contributed by atoms with van der Waals surface area (Å²) in [6, 6.07) is 8.21. The van der Waals surface area contributed by atoms with Gasteiger partial charge in [0.1, 0.15) is 0 Å². The Balaban J connectivity index is 1.78. The van der Waals surface area contributed by atoms with E-state index in [0.29, 0.717) is 11.6 Å². The molecule has 0 aliphatic heterocycles. The zero-order valence-electron chi connectivity index (χ0n) is 15.1. The number of hydrogen-bond donors (Lipinski definition) is 1. The van der Waals surface area contributed by atoms with E-state index >= 15 is 0 Å². The fraction of sp³-hybridized carbons (Fsp3) is 0.211. The van der Waals surface area contributed by atoms with E-state index in [1.807, 2.05) is 0 Å². The van der Waals surface area contributed by atoms with Crippen LogP contribution in [0.5, 0.6) is 5.88 Å². The van der Waals surface area contributed by atoms with Crippen LogP contribution < -0.4 is 10.1 Å². The van der Waals surface area contributed by atoms with Crippen molar-refractivity contribution in [2.45, 2.75) is 19.6 Å². The van der Waals surface area contributed by atoms with Gasteiger partial charge in [-0.2, -0.15) is 18.3 Å². The molecular weight excluding hydrogens is 373 g/mol. The van der Waals surface area contributed by atoms with E-state index in [2.05, 4.69) is 15.4 Å². The van der Waals surface area contributed by atoms with E-state index in [1.54, 1.807) is 25.3 Å². The highest BCUT2D eigenvalue weighted by atomic mass is 19.4. The van der Waals surface area contributed by atoms with Gasteiger partial charge in [-0.3, -0.25) is 4.79 Å². The average molecular weight is 390 g/mol. The van der Waals surface area contributed by atoms with Gasteiger partial charge < -0.3 is 10.1 Å². The second kappa shape index (κ2) is 7.71. The average Bonchev–Trinajstić information content (AvgIpc) is 3.07. The first kappa shape index (κ1) is 19.4. The molecule has 1 N–H and O–H groups in total. The standard InChI is InChI=1S/C19H17F3N4O2/c1-12-16(18(27)24-10-13-6-7-23-17(8-13)28-2)11-25-26(12)15-5-3-4-14(9-15)19(20,21)22/h3-9,11H,10H2,1-2H3,(H,24,27). The summed E-state index contributed by atoms with van der Waals surface area (Å²) in [6.07, 6.45) is -1.56. The monoisotopic (exact) mass is 390 g/mol. The lowest BCUT2D eigenvalue weighted by atomic mass is 10.2. The Morgan fingerprint density at radius 2 is 2.04 bits per heavy atom. The van der Waals surface area contributed by atoms with Crippen LogP contribution in [0.3, 0.4) is 0 Å². The Morgan fingerprint density at radius 3 is 2.75 bits per heavy atom. The summed E-state index contributed by atoms with van der Waals surface area (Å²) in [6.45, 7) is 1.86. The van der Waals surface area contributed by atoms with Crippen LogP contribution in [0.15, 0.2) is 48.8 Å². The van der Waals surface area contributed by atoms with Crippen molar-refractivity contribution in [2.24, 2.45) is 0 Å². The number of benzene rings is 1. The Bertz CT molecular complexity index is 999. The van der Waals surface area contributed by atoms with Crippen molar-refractivity contribution < 1.29 is 22.7 Å². The van der Waals surface area contributed by atoms with Crippen molar-refractivity contribution in [1.29, 1.82) is 0 Å². The molecule has 3 rings (SSSR count). The number of aromatic nitrogens is 3. The van der Waals surface area contributed by atoms with Crippen LogP contribution in [0.2, 0.25) is 0 Å². The number of methoxy groups -OCH3 is 1. The number of alkyl halides is 3. The maximum atomic E-state index is 12.9. The van der Waals surface area contributed by atoms with E-state index in [4.69, 9.17) is 4.74 Å². The first-order chi connectivity index (χ1) is 13.3. The fourth-order valence-electron chi connectivity index (χ4n) is 2.66. The Morgan fingerprint density at radius 1 is 1.25 bits per heavy atom. The van der Waals surface area contributed by atoms with Gasteiger partial charge in [0.2, 0.25) is 5.88 Å². The maximum Gasteiger partial charge on any atom is 0.416 e. The third kappa shape index (κ3) is 4.13. The molecule has 0 atom stereocenters. The zero-order valence-corrected chi connectivity index (χ0v) is 15.1. The van der Waals surface area contributed by atoms with Gasteiger partial charge in [0.25, 0.3) is 5.91 Å². The van der Waals surface area contributed by atoms with Gasteiger partial charge in [-0.15, -0.1) is 0 Å². The number of nitrogens with zero attached hydrogens (tertiary/aromatic N) is 3. The van der Waals surface area contributed by atoms with E-state index in [1.165, 1.54) is 30.1 Å². The largest absolute Gasteiger partial charge is 0.481 e. The molecule has 0 saturated carbocycles. The molecule has 9 heteroatoms. The van der Waals surface area contributed by atoms with Crippen molar-refractivity contribution in [3.05, 3.63) is 71.2 Å². The number of pyridine rings is 1. The minimum absolute atomic E-state index is 0.227. The summed E-state index contributed by atoms with van der Waals surface area (Å²) >= 11 is 0. The molecule has 0 unspecified atom stereocenters. The first-order valence-electron chi connectivity index (χ1n) is 8.29. The second-order valence-corrected chi connectivity index (χ2v) is 5.99. The van der Waals surface area contributed by atoms with Gasteiger partial charge in [-0.05, 0) is 36.8 Å². The molecule has 0 aliphatic rings. The smallest absolute Gasteiger partial charge is 0.416 e. The number of hydrogen-bond acceptors (Lipinski definition) is 4. The molecule has 6 nitrogen and oxygen atoms in total. The maximum absolute atomic E-state index is 12.9. The molecule has 2 aromatic heterocycles. The molecule has 1 amide bonds. The molecule has 0 spiro atoms.